The molecule has 8 heteroatoms. The Morgan fingerprint density at radius 3 is 2.52 bits per heavy atom. The van der Waals surface area contributed by atoms with E-state index in [1.165, 1.54) is 30.1 Å². The predicted octanol–water partition coefficient (Wildman–Crippen LogP) is 3.03. The molecular weight excluding hydrogens is 399 g/mol. The summed E-state index contributed by atoms with van der Waals surface area (Å²) < 4.78 is 18.7. The first-order valence-corrected chi connectivity index (χ1v) is 9.24. The van der Waals surface area contributed by atoms with Gasteiger partial charge in [-0.1, -0.05) is 23.7 Å². The molecule has 0 bridgehead atoms. The first kappa shape index (κ1) is 22.4. The highest BCUT2D eigenvalue weighted by Gasteiger charge is 2.16. The number of likely N-dealkylation sites (N-methyl/N-ethyl adjacent to an activating group) is 1. The monoisotopic (exact) mass is 420 g/mol. The Kier molecular flexibility index (Phi) is 7.73. The van der Waals surface area contributed by atoms with Gasteiger partial charge in [-0.2, -0.15) is 0 Å². The minimum atomic E-state index is -0.757. The van der Waals surface area contributed by atoms with E-state index in [0.717, 1.165) is 11.1 Å². The van der Waals surface area contributed by atoms with Crippen LogP contribution in [0.1, 0.15) is 27.0 Å². The third-order valence-electron chi connectivity index (χ3n) is 4.40. The first-order chi connectivity index (χ1) is 13.7. The van der Waals surface area contributed by atoms with Crippen molar-refractivity contribution in [2.75, 3.05) is 20.2 Å². The number of carbonyl (C=O) groups excluding carboxylic acids is 3. The van der Waals surface area contributed by atoms with Crippen LogP contribution in [0.5, 0.6) is 0 Å². The largest absolute Gasteiger partial charge is 0.454 e. The van der Waals surface area contributed by atoms with Gasteiger partial charge in [-0.15, -0.1) is 0 Å². The van der Waals surface area contributed by atoms with Crippen molar-refractivity contribution < 1.29 is 23.5 Å². The van der Waals surface area contributed by atoms with Gasteiger partial charge in [0.25, 0.3) is 11.8 Å². The molecule has 0 aromatic heterocycles. The standard InChI is InChI=1S/C21H22ClFN2O4/c1-13-7-8-15(9-14(13)2)21(28)24-10-20(27)29-12-19(26)25(3)11-16-17(22)5-4-6-18(16)23/h4-9H,10-12H2,1-3H3,(H,24,28). The fraction of sp³-hybridized carbons (Fsp3) is 0.286. The molecule has 0 aliphatic heterocycles. The van der Waals surface area contributed by atoms with Crippen LogP contribution in [-0.4, -0.2) is 42.9 Å². The molecule has 0 radical (unpaired) electrons. The molecule has 6 nitrogen and oxygen atoms in total. The van der Waals surface area contributed by atoms with Crippen LogP contribution in [0.3, 0.4) is 0 Å². The number of amides is 2. The lowest BCUT2D eigenvalue weighted by molar-refractivity contribution is -0.150. The molecule has 0 fully saturated rings. The van der Waals surface area contributed by atoms with Crippen molar-refractivity contribution in [3.63, 3.8) is 0 Å². The first-order valence-electron chi connectivity index (χ1n) is 8.87. The van der Waals surface area contributed by atoms with Crippen LogP contribution >= 0.6 is 11.6 Å². The normalized spacial score (nSPS) is 10.4. The van der Waals surface area contributed by atoms with Crippen molar-refractivity contribution in [3.05, 3.63) is 69.5 Å². The van der Waals surface area contributed by atoms with Gasteiger partial charge in [-0.05, 0) is 49.2 Å². The predicted molar refractivity (Wildman–Crippen MR) is 107 cm³/mol. The average molecular weight is 421 g/mol. The van der Waals surface area contributed by atoms with Crippen molar-refractivity contribution in [1.82, 2.24) is 10.2 Å². The Hall–Kier alpha value is -2.93. The summed E-state index contributed by atoms with van der Waals surface area (Å²) in [5.41, 5.74) is 2.62. The Morgan fingerprint density at radius 2 is 1.86 bits per heavy atom. The van der Waals surface area contributed by atoms with Crippen LogP contribution in [0.2, 0.25) is 5.02 Å². The Labute approximate surface area is 173 Å². The van der Waals surface area contributed by atoms with Crippen molar-refractivity contribution in [1.29, 1.82) is 0 Å². The number of rotatable bonds is 7. The number of hydrogen-bond acceptors (Lipinski definition) is 4. The summed E-state index contributed by atoms with van der Waals surface area (Å²) >= 11 is 5.94. The molecule has 29 heavy (non-hydrogen) atoms. The zero-order valence-corrected chi connectivity index (χ0v) is 17.2. The molecule has 2 aromatic carbocycles. The lowest BCUT2D eigenvalue weighted by atomic mass is 10.1. The summed E-state index contributed by atoms with van der Waals surface area (Å²) in [6.45, 7) is 2.85. The molecule has 0 saturated heterocycles. The molecule has 2 amide bonds. The van der Waals surface area contributed by atoms with E-state index in [0.29, 0.717) is 5.56 Å². The van der Waals surface area contributed by atoms with Crippen LogP contribution in [0.15, 0.2) is 36.4 Å². The summed E-state index contributed by atoms with van der Waals surface area (Å²) in [6, 6.07) is 9.45. The third kappa shape index (κ3) is 6.29. The molecular formula is C21H22ClFN2O4. The molecule has 0 aliphatic carbocycles. The van der Waals surface area contributed by atoms with Crippen LogP contribution in [0, 0.1) is 19.7 Å². The maximum atomic E-state index is 13.8. The second-order valence-corrected chi connectivity index (χ2v) is 7.00. The zero-order valence-electron chi connectivity index (χ0n) is 16.4. The number of ether oxygens (including phenoxy) is 1. The van der Waals surface area contributed by atoms with Gasteiger partial charge < -0.3 is 15.0 Å². The van der Waals surface area contributed by atoms with Crippen LogP contribution in [0.25, 0.3) is 0 Å². The minimum Gasteiger partial charge on any atom is -0.454 e. The SMILES string of the molecule is Cc1ccc(C(=O)NCC(=O)OCC(=O)N(C)Cc2c(F)cccc2Cl)cc1C. The molecule has 0 unspecified atom stereocenters. The number of halogens is 2. The van der Waals surface area contributed by atoms with Crippen LogP contribution in [0.4, 0.5) is 4.39 Å². The quantitative estimate of drug-likeness (QED) is 0.698. The number of hydrogen-bond donors (Lipinski definition) is 1. The van der Waals surface area contributed by atoms with E-state index in [1.54, 1.807) is 12.1 Å². The van der Waals surface area contributed by atoms with E-state index in [1.807, 2.05) is 19.9 Å². The number of carbonyl (C=O) groups is 3. The molecule has 1 N–H and O–H groups in total. The topological polar surface area (TPSA) is 75.7 Å². The Morgan fingerprint density at radius 1 is 1.14 bits per heavy atom. The van der Waals surface area contributed by atoms with Gasteiger partial charge in [0, 0.05) is 29.7 Å². The fourth-order valence-electron chi connectivity index (χ4n) is 2.45. The maximum Gasteiger partial charge on any atom is 0.325 e. The number of esters is 1. The second-order valence-electron chi connectivity index (χ2n) is 6.59. The molecule has 0 spiro atoms. The number of aryl methyl sites for hydroxylation is 2. The van der Waals surface area contributed by atoms with Crippen LogP contribution in [-0.2, 0) is 20.9 Å². The smallest absolute Gasteiger partial charge is 0.325 e. The number of nitrogens with one attached hydrogen (secondary N) is 1. The molecule has 0 heterocycles. The van der Waals surface area contributed by atoms with Gasteiger partial charge in [-0.25, -0.2) is 4.39 Å². The highest BCUT2D eigenvalue weighted by molar-refractivity contribution is 6.31. The zero-order chi connectivity index (χ0) is 21.6. The van der Waals surface area contributed by atoms with Crippen molar-refractivity contribution in [2.24, 2.45) is 0 Å². The Balaban J connectivity index is 1.80. The highest BCUT2D eigenvalue weighted by Crippen LogP contribution is 2.20. The summed E-state index contributed by atoms with van der Waals surface area (Å²) in [5, 5.41) is 2.65. The molecule has 0 aliphatic rings. The van der Waals surface area contributed by atoms with E-state index in [4.69, 9.17) is 16.3 Å². The second kappa shape index (κ2) is 10.0. The molecule has 0 saturated carbocycles. The highest BCUT2D eigenvalue weighted by atomic mass is 35.5. The summed E-state index contributed by atoms with van der Waals surface area (Å²) in [4.78, 5) is 37.2. The van der Waals surface area contributed by atoms with Gasteiger partial charge >= 0.3 is 5.97 Å². The van der Waals surface area contributed by atoms with E-state index < -0.39 is 30.2 Å². The van der Waals surface area contributed by atoms with E-state index >= 15 is 0 Å². The molecule has 0 atom stereocenters. The van der Waals surface area contributed by atoms with Gasteiger partial charge in [0.15, 0.2) is 6.61 Å². The summed E-state index contributed by atoms with van der Waals surface area (Å²) in [5.74, 6) is -2.23. The van der Waals surface area contributed by atoms with E-state index in [2.05, 4.69) is 5.32 Å². The van der Waals surface area contributed by atoms with Crippen molar-refractivity contribution in [2.45, 2.75) is 20.4 Å². The van der Waals surface area contributed by atoms with Gasteiger partial charge in [-0.3, -0.25) is 14.4 Å². The summed E-state index contributed by atoms with van der Waals surface area (Å²) in [6.07, 6.45) is 0. The average Bonchev–Trinajstić information content (AvgIpc) is 2.69. The van der Waals surface area contributed by atoms with Gasteiger partial charge in [0.1, 0.15) is 12.4 Å². The number of nitrogens with zero attached hydrogens (tertiary/aromatic N) is 1. The van der Waals surface area contributed by atoms with E-state index in [-0.39, 0.29) is 23.7 Å². The molecule has 154 valence electrons. The van der Waals surface area contributed by atoms with Gasteiger partial charge in [0.2, 0.25) is 0 Å². The van der Waals surface area contributed by atoms with Crippen LogP contribution < -0.4 is 5.32 Å². The van der Waals surface area contributed by atoms with Crippen molar-refractivity contribution in [3.8, 4) is 0 Å². The lowest BCUT2D eigenvalue weighted by Crippen LogP contribution is -2.34. The summed E-state index contributed by atoms with van der Waals surface area (Å²) in [7, 11) is 1.44. The lowest BCUT2D eigenvalue weighted by Gasteiger charge is -2.18. The minimum absolute atomic E-state index is 0.0641. The van der Waals surface area contributed by atoms with Crippen molar-refractivity contribution >= 4 is 29.4 Å². The maximum absolute atomic E-state index is 13.8. The number of benzene rings is 2. The third-order valence-corrected chi connectivity index (χ3v) is 4.76. The van der Waals surface area contributed by atoms with E-state index in [9.17, 15) is 18.8 Å². The Bertz CT molecular complexity index is 913. The van der Waals surface area contributed by atoms with Gasteiger partial charge in [0.05, 0.1) is 0 Å². The molecule has 2 aromatic rings. The molecule has 2 rings (SSSR count). The fourth-order valence-corrected chi connectivity index (χ4v) is 2.67.